The first-order valence-corrected chi connectivity index (χ1v) is 17.7. The molecule has 0 amide bonds. The van der Waals surface area contributed by atoms with Crippen LogP contribution in [0.1, 0.15) is 50.9 Å². The summed E-state index contributed by atoms with van der Waals surface area (Å²) in [5.74, 6) is 0.690. The number of ether oxygens (including phenoxy) is 2. The van der Waals surface area contributed by atoms with Crippen LogP contribution in [-0.4, -0.2) is 44.1 Å². The third kappa shape index (κ3) is 7.53. The third-order valence-electron chi connectivity index (χ3n) is 8.17. The Kier molecular flexibility index (Phi) is 9.54. The van der Waals surface area contributed by atoms with E-state index in [1.807, 2.05) is 36.4 Å². The van der Waals surface area contributed by atoms with Crippen molar-refractivity contribution in [3.8, 4) is 22.8 Å². The number of benzene rings is 3. The maximum atomic E-state index is 12.4. The van der Waals surface area contributed by atoms with E-state index in [2.05, 4.69) is 72.8 Å². The lowest BCUT2D eigenvalue weighted by molar-refractivity contribution is -0.146. The lowest BCUT2D eigenvalue weighted by Crippen LogP contribution is -2.28. The summed E-state index contributed by atoms with van der Waals surface area (Å²) in [6, 6.07) is 26.7. The molecule has 0 aliphatic rings. The number of rotatable bonds is 12. The predicted molar refractivity (Wildman–Crippen MR) is 197 cm³/mol. The summed E-state index contributed by atoms with van der Waals surface area (Å²) in [6.07, 6.45) is 2.83. The standard InChI is InChI=1S/C39H41N3O4S2/c1-38(2,3)48-36-29-21-27(46-20-19-35-41-31-9-7-8-10-34(31)47-35)16-18-32(29)42(33(36)22-39(4,5)37(43)44)24-25-11-13-26(14-12-25)30-17-15-28(45-6)23-40-30/h7-18,21,23H,19-20,22,24H2,1-6H3,(H,43,44). The van der Waals surface area contributed by atoms with Gasteiger partial charge in [0.05, 0.1) is 46.2 Å². The summed E-state index contributed by atoms with van der Waals surface area (Å²) in [7, 11) is 1.63. The number of nitrogens with zero attached hydrogens (tertiary/aromatic N) is 3. The summed E-state index contributed by atoms with van der Waals surface area (Å²) < 4.78 is 15.0. The molecular formula is C39H41N3O4S2. The number of carboxylic acids is 1. The highest BCUT2D eigenvalue weighted by atomic mass is 32.2. The number of thiazole rings is 1. The summed E-state index contributed by atoms with van der Waals surface area (Å²) >= 11 is 3.48. The first-order valence-electron chi connectivity index (χ1n) is 16.0. The second kappa shape index (κ2) is 13.6. The molecule has 3 aromatic carbocycles. The Morgan fingerprint density at radius 1 is 0.958 bits per heavy atom. The SMILES string of the molecule is COc1ccc(-c2ccc(Cn3c(CC(C)(C)C(=O)O)c(SC(C)(C)C)c4cc(OCCc5nc6ccccc6s5)ccc43)cc2)nc1. The predicted octanol–water partition coefficient (Wildman–Crippen LogP) is 9.54. The van der Waals surface area contributed by atoms with Gasteiger partial charge < -0.3 is 19.1 Å². The average molecular weight is 680 g/mol. The van der Waals surface area contributed by atoms with Crippen molar-refractivity contribution in [1.29, 1.82) is 0 Å². The lowest BCUT2D eigenvalue weighted by Gasteiger charge is -2.24. The number of thioether (sulfide) groups is 1. The molecule has 9 heteroatoms. The van der Waals surface area contributed by atoms with E-state index in [9.17, 15) is 9.90 Å². The lowest BCUT2D eigenvalue weighted by atomic mass is 9.88. The molecular weight excluding hydrogens is 639 g/mol. The quantitative estimate of drug-likeness (QED) is 0.129. The Morgan fingerprint density at radius 2 is 1.71 bits per heavy atom. The van der Waals surface area contributed by atoms with Gasteiger partial charge in [-0.3, -0.25) is 9.78 Å². The molecule has 0 fully saturated rings. The molecule has 6 aromatic rings. The van der Waals surface area contributed by atoms with Crippen molar-refractivity contribution >= 4 is 50.2 Å². The summed E-state index contributed by atoms with van der Waals surface area (Å²) in [6.45, 7) is 11.3. The number of aliphatic carboxylic acids is 1. The number of methoxy groups -OCH3 is 1. The smallest absolute Gasteiger partial charge is 0.309 e. The van der Waals surface area contributed by atoms with Gasteiger partial charge in [0.15, 0.2) is 0 Å². The van der Waals surface area contributed by atoms with Gasteiger partial charge in [0, 0.05) is 51.2 Å². The molecule has 0 saturated heterocycles. The van der Waals surface area contributed by atoms with E-state index in [1.54, 1.807) is 50.3 Å². The van der Waals surface area contributed by atoms with E-state index < -0.39 is 11.4 Å². The zero-order chi connectivity index (χ0) is 34.1. The van der Waals surface area contributed by atoms with Gasteiger partial charge >= 0.3 is 5.97 Å². The number of pyridine rings is 1. The molecule has 0 radical (unpaired) electrons. The number of carboxylic acid groups (broad SMARTS) is 1. The van der Waals surface area contributed by atoms with Crippen molar-refractivity contribution in [2.75, 3.05) is 13.7 Å². The molecule has 0 unspecified atom stereocenters. The first-order chi connectivity index (χ1) is 22.9. The minimum absolute atomic E-state index is 0.0993. The second-order valence-electron chi connectivity index (χ2n) is 13.6. The van der Waals surface area contributed by atoms with Gasteiger partial charge in [0.25, 0.3) is 0 Å². The highest BCUT2D eigenvalue weighted by molar-refractivity contribution is 8.00. The molecule has 3 heterocycles. The van der Waals surface area contributed by atoms with Crippen molar-refractivity contribution in [2.45, 2.75) is 63.6 Å². The number of hydrogen-bond donors (Lipinski definition) is 1. The van der Waals surface area contributed by atoms with E-state index in [0.29, 0.717) is 19.6 Å². The van der Waals surface area contributed by atoms with Gasteiger partial charge in [-0.2, -0.15) is 0 Å². The largest absolute Gasteiger partial charge is 0.495 e. The maximum absolute atomic E-state index is 12.4. The molecule has 0 spiro atoms. The van der Waals surface area contributed by atoms with Crippen LogP contribution < -0.4 is 9.47 Å². The fourth-order valence-electron chi connectivity index (χ4n) is 5.63. The number of aromatic nitrogens is 3. The Bertz CT molecular complexity index is 2020. The Labute approximate surface area is 290 Å². The highest BCUT2D eigenvalue weighted by Gasteiger charge is 2.33. The van der Waals surface area contributed by atoms with E-state index in [-0.39, 0.29) is 4.75 Å². The Morgan fingerprint density at radius 3 is 2.38 bits per heavy atom. The number of hydrogen-bond acceptors (Lipinski definition) is 7. The first kappa shape index (κ1) is 33.6. The van der Waals surface area contributed by atoms with Gasteiger partial charge in [-0.15, -0.1) is 23.1 Å². The topological polar surface area (TPSA) is 86.5 Å². The molecule has 3 aromatic heterocycles. The fourth-order valence-corrected chi connectivity index (χ4v) is 7.77. The number of carbonyl (C=O) groups is 1. The van der Waals surface area contributed by atoms with Crippen LogP contribution in [0.2, 0.25) is 0 Å². The zero-order valence-corrected chi connectivity index (χ0v) is 29.9. The van der Waals surface area contributed by atoms with Gasteiger partial charge in [-0.25, -0.2) is 4.98 Å². The minimum Gasteiger partial charge on any atom is -0.495 e. The molecule has 0 bridgehead atoms. The summed E-state index contributed by atoms with van der Waals surface area (Å²) in [5.41, 5.74) is 5.14. The Balaban J connectivity index is 1.35. The highest BCUT2D eigenvalue weighted by Crippen LogP contribution is 2.44. The third-order valence-corrected chi connectivity index (χ3v) is 10.5. The van der Waals surface area contributed by atoms with Crippen LogP contribution in [0.5, 0.6) is 11.5 Å². The van der Waals surface area contributed by atoms with Crippen molar-refractivity contribution < 1.29 is 19.4 Å². The normalized spacial score (nSPS) is 12.1. The molecule has 6 rings (SSSR count). The number of fused-ring (bicyclic) bond motifs is 2. The van der Waals surface area contributed by atoms with Crippen LogP contribution in [0, 0.1) is 5.41 Å². The van der Waals surface area contributed by atoms with Crippen molar-refractivity contribution in [3.05, 3.63) is 101 Å². The van der Waals surface area contributed by atoms with Gasteiger partial charge in [-0.05, 0) is 61.9 Å². The van der Waals surface area contributed by atoms with Crippen LogP contribution in [0.15, 0.2) is 90.0 Å². The van der Waals surface area contributed by atoms with Crippen molar-refractivity contribution in [3.63, 3.8) is 0 Å². The molecule has 48 heavy (non-hydrogen) atoms. The summed E-state index contributed by atoms with van der Waals surface area (Å²) in [5, 5.41) is 12.3. The maximum Gasteiger partial charge on any atom is 0.309 e. The second-order valence-corrected chi connectivity index (χ2v) is 16.5. The van der Waals surface area contributed by atoms with E-state index >= 15 is 0 Å². The molecule has 0 saturated carbocycles. The fraction of sp³-hybridized carbons (Fsp3) is 0.308. The molecule has 0 aliphatic heterocycles. The number of para-hydroxylation sites is 1. The van der Waals surface area contributed by atoms with Crippen LogP contribution in [0.3, 0.4) is 0 Å². The van der Waals surface area contributed by atoms with E-state index in [0.717, 1.165) is 66.8 Å². The van der Waals surface area contributed by atoms with Crippen molar-refractivity contribution in [2.24, 2.45) is 5.41 Å². The monoisotopic (exact) mass is 679 g/mol. The zero-order valence-electron chi connectivity index (χ0n) is 28.2. The van der Waals surface area contributed by atoms with E-state index in [4.69, 9.17) is 14.5 Å². The van der Waals surface area contributed by atoms with Gasteiger partial charge in [0.1, 0.15) is 11.5 Å². The molecule has 1 N–H and O–H groups in total. The average Bonchev–Trinajstić information content (AvgIpc) is 3.59. The minimum atomic E-state index is -0.959. The molecule has 0 atom stereocenters. The van der Waals surface area contributed by atoms with Gasteiger partial charge in [0.2, 0.25) is 0 Å². The van der Waals surface area contributed by atoms with Gasteiger partial charge in [-0.1, -0.05) is 57.2 Å². The van der Waals surface area contributed by atoms with Crippen LogP contribution in [-0.2, 0) is 24.2 Å². The molecule has 248 valence electrons. The Hall–Kier alpha value is -4.34. The van der Waals surface area contributed by atoms with Crippen molar-refractivity contribution in [1.82, 2.24) is 14.5 Å². The molecule has 0 aliphatic carbocycles. The van der Waals surface area contributed by atoms with Crippen LogP contribution >= 0.6 is 23.1 Å². The van der Waals surface area contributed by atoms with Crippen LogP contribution in [0.25, 0.3) is 32.4 Å². The summed E-state index contributed by atoms with van der Waals surface area (Å²) in [4.78, 5) is 22.8. The van der Waals surface area contributed by atoms with E-state index in [1.165, 1.54) is 4.70 Å². The molecule has 7 nitrogen and oxygen atoms in total. The van der Waals surface area contributed by atoms with Crippen LogP contribution in [0.4, 0.5) is 0 Å².